The predicted molar refractivity (Wildman–Crippen MR) is 174 cm³/mol. The van der Waals surface area contributed by atoms with Gasteiger partial charge in [0.15, 0.2) is 0 Å². The molecule has 5 heterocycles. The molecule has 2 aliphatic rings. The van der Waals surface area contributed by atoms with Crippen molar-refractivity contribution in [3.05, 3.63) is 118 Å². The first-order valence-corrected chi connectivity index (χ1v) is 14.6. The van der Waals surface area contributed by atoms with Crippen LogP contribution in [0.1, 0.15) is 58.9 Å². The van der Waals surface area contributed by atoms with Gasteiger partial charge in [-0.2, -0.15) is 0 Å². The molecule has 0 saturated heterocycles. The topological polar surface area (TPSA) is 54.0 Å². The van der Waals surface area contributed by atoms with Crippen molar-refractivity contribution < 1.29 is 19.5 Å². The molecule has 0 N–H and O–H groups in total. The van der Waals surface area contributed by atoms with E-state index < -0.39 is 0 Å². The average Bonchev–Trinajstić information content (AvgIpc) is 3.75. The molecular formula is C38H34N4Zn. The van der Waals surface area contributed by atoms with Gasteiger partial charge in [0.05, 0.1) is 11.4 Å². The number of hydrogen-bond donors (Lipinski definition) is 0. The SMILES string of the molecule is Cc1cc(C)c(-c2c3nc(c(C)c4ccc(cc5nc(c(-c6ccccc6)c6ccc2[n-]6)CC5(C)C)[n-]4)C=C3)c(C)c1.[Zn+2]. The van der Waals surface area contributed by atoms with Crippen LogP contribution in [0.3, 0.4) is 0 Å². The summed E-state index contributed by atoms with van der Waals surface area (Å²) in [6.45, 7) is 13.2. The molecule has 2 aliphatic heterocycles. The summed E-state index contributed by atoms with van der Waals surface area (Å²) in [4.78, 5) is 20.8. The third-order valence-electron chi connectivity index (χ3n) is 8.60. The molecule has 2 aromatic carbocycles. The van der Waals surface area contributed by atoms with Crippen LogP contribution in [0.4, 0.5) is 0 Å². The van der Waals surface area contributed by atoms with Crippen molar-refractivity contribution in [2.24, 2.45) is 0 Å². The monoisotopic (exact) mass is 610 g/mol. The molecule has 0 spiro atoms. The molecule has 7 rings (SSSR count). The van der Waals surface area contributed by atoms with E-state index in [0.29, 0.717) is 0 Å². The molecular weight excluding hydrogens is 578 g/mol. The van der Waals surface area contributed by atoms with E-state index in [4.69, 9.17) is 19.9 Å². The molecule has 43 heavy (non-hydrogen) atoms. The first-order chi connectivity index (χ1) is 20.2. The Kier molecular flexibility index (Phi) is 7.34. The summed E-state index contributed by atoms with van der Waals surface area (Å²) in [6, 6.07) is 25.7. The number of nitrogens with zero attached hydrogens (tertiary/aromatic N) is 4. The maximum Gasteiger partial charge on any atom is 2.00 e. The molecule has 0 fully saturated rings. The first-order valence-electron chi connectivity index (χ1n) is 14.6. The fourth-order valence-corrected chi connectivity index (χ4v) is 6.54. The van der Waals surface area contributed by atoms with Crippen molar-refractivity contribution >= 4 is 34.2 Å². The van der Waals surface area contributed by atoms with Crippen LogP contribution >= 0.6 is 0 Å². The van der Waals surface area contributed by atoms with E-state index in [-0.39, 0.29) is 24.9 Å². The number of rotatable bonds is 2. The van der Waals surface area contributed by atoms with Crippen LogP contribution in [0.5, 0.6) is 0 Å². The maximum atomic E-state index is 5.36. The molecule has 8 bridgehead atoms. The van der Waals surface area contributed by atoms with Gasteiger partial charge in [-0.3, -0.25) is 4.98 Å². The first kappa shape index (κ1) is 29.0. The maximum absolute atomic E-state index is 5.36. The Bertz CT molecular complexity index is 2050. The number of aromatic nitrogens is 4. The van der Waals surface area contributed by atoms with Crippen molar-refractivity contribution in [2.45, 2.75) is 53.4 Å². The predicted octanol–water partition coefficient (Wildman–Crippen LogP) is 8.83. The number of benzene rings is 2. The molecule has 0 atom stereocenters. The number of hydrogen-bond acceptors (Lipinski definition) is 2. The van der Waals surface area contributed by atoms with E-state index in [1.54, 1.807) is 0 Å². The molecule has 4 nitrogen and oxygen atoms in total. The van der Waals surface area contributed by atoms with Gasteiger partial charge in [-0.05, 0) is 78.8 Å². The van der Waals surface area contributed by atoms with Crippen LogP contribution in [0.15, 0.2) is 72.8 Å². The summed E-state index contributed by atoms with van der Waals surface area (Å²) in [6.07, 6.45) is 5.06. The molecule has 5 aromatic rings. The van der Waals surface area contributed by atoms with Crippen LogP contribution in [-0.4, -0.2) is 9.97 Å². The summed E-state index contributed by atoms with van der Waals surface area (Å²) >= 11 is 0. The van der Waals surface area contributed by atoms with Crippen molar-refractivity contribution in [1.82, 2.24) is 19.9 Å². The molecule has 0 radical (unpaired) electrons. The number of aryl methyl sites for hydroxylation is 4. The van der Waals surface area contributed by atoms with Crippen LogP contribution in [-0.2, 0) is 31.3 Å². The Morgan fingerprint density at radius 2 is 1.30 bits per heavy atom. The van der Waals surface area contributed by atoms with Crippen molar-refractivity contribution in [2.75, 3.05) is 0 Å². The smallest absolute Gasteiger partial charge is 0.658 e. The second kappa shape index (κ2) is 10.9. The summed E-state index contributed by atoms with van der Waals surface area (Å²) in [5, 5.41) is 0. The van der Waals surface area contributed by atoms with Gasteiger partial charge in [0.25, 0.3) is 0 Å². The summed E-state index contributed by atoms with van der Waals surface area (Å²) in [7, 11) is 0. The van der Waals surface area contributed by atoms with Gasteiger partial charge in [-0.15, -0.1) is 22.1 Å². The summed E-state index contributed by atoms with van der Waals surface area (Å²) < 4.78 is 0. The Balaban J connectivity index is 0.00000329. The van der Waals surface area contributed by atoms with Crippen LogP contribution in [0.25, 0.3) is 56.5 Å². The van der Waals surface area contributed by atoms with Crippen LogP contribution < -0.4 is 9.97 Å². The fraction of sp³-hybridized carbons (Fsp3) is 0.211. The zero-order valence-electron chi connectivity index (χ0n) is 25.8. The quantitative estimate of drug-likeness (QED) is 0.184. The minimum atomic E-state index is -0.133. The van der Waals surface area contributed by atoms with Crippen LogP contribution in [0, 0.1) is 27.7 Å². The zero-order chi connectivity index (χ0) is 29.2. The van der Waals surface area contributed by atoms with Gasteiger partial charge in [0, 0.05) is 23.2 Å². The third-order valence-corrected chi connectivity index (χ3v) is 8.60. The molecule has 208 valence electrons. The second-order valence-electron chi connectivity index (χ2n) is 12.3. The average molecular weight is 612 g/mol. The molecule has 0 saturated carbocycles. The standard InChI is InChI=1S/C38H34N4.Zn/c1-22-18-23(2)35(24(3)19-22)37-31-15-14-29(40-31)25(4)28-13-12-27(39-28)20-34-38(5,6)21-33(42-34)36(26-10-8-7-9-11-26)30-16-17-32(37)41-30;/h7-20H,21H2,1-6H3;/q-2;+2. The van der Waals surface area contributed by atoms with E-state index in [1.807, 2.05) is 0 Å². The Labute approximate surface area is 266 Å². The number of fused-ring (bicyclic) bond motifs is 8. The fourth-order valence-electron chi connectivity index (χ4n) is 6.54. The minimum Gasteiger partial charge on any atom is -0.658 e. The van der Waals surface area contributed by atoms with E-state index in [0.717, 1.165) is 73.5 Å². The zero-order valence-corrected chi connectivity index (χ0v) is 28.8. The third kappa shape index (κ3) is 5.10. The molecule has 5 heteroatoms. The van der Waals surface area contributed by atoms with Gasteiger partial charge in [-0.25, -0.2) is 4.98 Å². The summed E-state index contributed by atoms with van der Waals surface area (Å²) in [5.41, 5.74) is 16.7. The Hall–Kier alpha value is -4.08. The molecule has 3 aromatic heterocycles. The normalized spacial score (nSPS) is 13.6. The van der Waals surface area contributed by atoms with E-state index in [1.165, 1.54) is 22.3 Å². The second-order valence-corrected chi connectivity index (χ2v) is 12.3. The van der Waals surface area contributed by atoms with E-state index >= 15 is 0 Å². The van der Waals surface area contributed by atoms with Crippen molar-refractivity contribution in [1.29, 1.82) is 0 Å². The van der Waals surface area contributed by atoms with E-state index in [2.05, 4.69) is 126 Å². The van der Waals surface area contributed by atoms with Gasteiger partial charge >= 0.3 is 19.5 Å². The van der Waals surface area contributed by atoms with Gasteiger partial charge in [0.2, 0.25) is 0 Å². The van der Waals surface area contributed by atoms with E-state index in [9.17, 15) is 0 Å². The van der Waals surface area contributed by atoms with Gasteiger partial charge in [-0.1, -0.05) is 92.2 Å². The molecule has 0 amide bonds. The van der Waals surface area contributed by atoms with Gasteiger partial charge in [0.1, 0.15) is 0 Å². The molecule has 0 aliphatic carbocycles. The Morgan fingerprint density at radius 3 is 2.02 bits per heavy atom. The summed E-state index contributed by atoms with van der Waals surface area (Å²) in [5.74, 6) is 0. The largest absolute Gasteiger partial charge is 2.00 e. The minimum absolute atomic E-state index is 0. The van der Waals surface area contributed by atoms with Gasteiger partial charge < -0.3 is 9.97 Å². The van der Waals surface area contributed by atoms with Crippen molar-refractivity contribution in [3.8, 4) is 22.3 Å². The van der Waals surface area contributed by atoms with Crippen molar-refractivity contribution in [3.63, 3.8) is 0 Å². The Morgan fingerprint density at radius 1 is 0.651 bits per heavy atom. The molecule has 0 unspecified atom stereocenters. The van der Waals surface area contributed by atoms with Crippen LogP contribution in [0.2, 0.25) is 0 Å².